The molecular weight excluding hydrogens is 484 g/mol. The lowest BCUT2D eigenvalue weighted by Crippen LogP contribution is -2.42. The topological polar surface area (TPSA) is 111 Å². The summed E-state index contributed by atoms with van der Waals surface area (Å²) in [5.74, 6) is 0.470. The van der Waals surface area contributed by atoms with Crippen LogP contribution in [0.4, 0.5) is 10.5 Å². The van der Waals surface area contributed by atoms with Crippen LogP contribution in [0.3, 0.4) is 0 Å². The number of rotatable bonds is 8. The van der Waals surface area contributed by atoms with E-state index in [0.717, 1.165) is 19.3 Å². The number of benzene rings is 2. The molecule has 202 valence electrons. The van der Waals surface area contributed by atoms with E-state index in [2.05, 4.69) is 50.0 Å². The van der Waals surface area contributed by atoms with Crippen molar-refractivity contribution in [3.63, 3.8) is 0 Å². The van der Waals surface area contributed by atoms with Gasteiger partial charge < -0.3 is 9.47 Å². The van der Waals surface area contributed by atoms with Crippen LogP contribution in [0, 0.1) is 5.92 Å². The van der Waals surface area contributed by atoms with Gasteiger partial charge in [-0.15, -0.1) is 5.10 Å². The van der Waals surface area contributed by atoms with Gasteiger partial charge in [0.2, 0.25) is 0 Å². The number of aromatic nitrogens is 4. The summed E-state index contributed by atoms with van der Waals surface area (Å²) in [6.45, 7) is 8.85. The second-order valence-corrected chi connectivity index (χ2v) is 10.4. The number of anilines is 1. The van der Waals surface area contributed by atoms with Gasteiger partial charge in [0.15, 0.2) is 11.9 Å². The van der Waals surface area contributed by atoms with Crippen molar-refractivity contribution in [2.24, 2.45) is 5.92 Å². The minimum absolute atomic E-state index is 0.248. The first-order valence-corrected chi connectivity index (χ1v) is 13.1. The fraction of sp³-hybridized carbons (Fsp3) is 0.464. The van der Waals surface area contributed by atoms with Crippen LogP contribution in [0.25, 0.3) is 5.69 Å². The molecule has 0 radical (unpaired) electrons. The van der Waals surface area contributed by atoms with Gasteiger partial charge in [-0.3, -0.25) is 10.2 Å². The van der Waals surface area contributed by atoms with Gasteiger partial charge >= 0.3 is 12.1 Å². The number of tetrazole rings is 1. The second-order valence-electron chi connectivity index (χ2n) is 10.4. The third kappa shape index (κ3) is 6.95. The van der Waals surface area contributed by atoms with Crippen molar-refractivity contribution in [2.45, 2.75) is 58.6 Å². The fourth-order valence-corrected chi connectivity index (χ4v) is 4.72. The van der Waals surface area contributed by atoms with E-state index in [1.165, 1.54) is 10.2 Å². The molecule has 1 saturated heterocycles. The SMILES string of the molecule is CCOC(=O)C(c1nnnn1-c1ccccc1NC(=O)OC(C)(C)C)N1CCC(Cc2ccccc2)CC1. The Hall–Kier alpha value is -3.79. The molecule has 1 unspecified atom stereocenters. The van der Waals surface area contributed by atoms with Gasteiger partial charge in [-0.2, -0.15) is 4.68 Å². The summed E-state index contributed by atoms with van der Waals surface area (Å²) in [6.07, 6.45) is 2.31. The van der Waals surface area contributed by atoms with Crippen molar-refractivity contribution >= 4 is 17.7 Å². The lowest BCUT2D eigenvalue weighted by molar-refractivity contribution is -0.151. The Morgan fingerprint density at radius 2 is 1.74 bits per heavy atom. The maximum absolute atomic E-state index is 13.3. The molecule has 0 spiro atoms. The maximum Gasteiger partial charge on any atom is 0.412 e. The van der Waals surface area contributed by atoms with E-state index in [0.29, 0.717) is 36.2 Å². The fourth-order valence-electron chi connectivity index (χ4n) is 4.72. The summed E-state index contributed by atoms with van der Waals surface area (Å²) >= 11 is 0. The minimum atomic E-state index is -0.780. The van der Waals surface area contributed by atoms with E-state index < -0.39 is 23.7 Å². The van der Waals surface area contributed by atoms with E-state index in [1.807, 2.05) is 12.1 Å². The number of amides is 1. The zero-order valence-corrected chi connectivity index (χ0v) is 22.5. The Balaban J connectivity index is 1.57. The van der Waals surface area contributed by atoms with Crippen LogP contribution in [-0.2, 0) is 20.7 Å². The molecule has 0 aliphatic carbocycles. The normalized spacial score (nSPS) is 15.6. The zero-order valence-electron chi connectivity index (χ0n) is 22.5. The highest BCUT2D eigenvalue weighted by Crippen LogP contribution is 2.31. The molecule has 1 atom stereocenters. The molecule has 0 saturated carbocycles. The summed E-state index contributed by atoms with van der Waals surface area (Å²) in [6, 6.07) is 16.8. The van der Waals surface area contributed by atoms with Crippen molar-refractivity contribution in [3.05, 3.63) is 66.0 Å². The van der Waals surface area contributed by atoms with E-state index in [-0.39, 0.29) is 6.61 Å². The number of carbonyl (C=O) groups is 2. The molecular formula is C28H36N6O4. The largest absolute Gasteiger partial charge is 0.464 e. The standard InChI is InChI=1S/C28H36N6O4/c1-5-37-26(35)24(33-17-15-21(16-18-33)19-20-11-7-6-8-12-20)25-30-31-32-34(25)23-14-10-9-13-22(23)29-27(36)38-28(2,3)4/h6-14,21,24H,5,15-19H2,1-4H3,(H,29,36). The number of esters is 1. The number of hydrogen-bond acceptors (Lipinski definition) is 8. The summed E-state index contributed by atoms with van der Waals surface area (Å²) in [4.78, 5) is 27.8. The highest BCUT2D eigenvalue weighted by atomic mass is 16.6. The van der Waals surface area contributed by atoms with Crippen molar-refractivity contribution in [1.82, 2.24) is 25.1 Å². The molecule has 10 heteroatoms. The maximum atomic E-state index is 13.3. The van der Waals surface area contributed by atoms with E-state index in [1.54, 1.807) is 45.9 Å². The second kappa shape index (κ2) is 12.2. The van der Waals surface area contributed by atoms with Crippen LogP contribution in [0.2, 0.25) is 0 Å². The number of carbonyl (C=O) groups excluding carboxylic acids is 2. The number of nitrogens with one attached hydrogen (secondary N) is 1. The van der Waals surface area contributed by atoms with Crippen LogP contribution < -0.4 is 5.32 Å². The van der Waals surface area contributed by atoms with Gasteiger partial charge in [0.05, 0.1) is 18.0 Å². The number of nitrogens with zero attached hydrogens (tertiary/aromatic N) is 5. The summed E-state index contributed by atoms with van der Waals surface area (Å²) in [5.41, 5.74) is 1.65. The number of hydrogen-bond donors (Lipinski definition) is 1. The first kappa shape index (κ1) is 27.3. The van der Waals surface area contributed by atoms with Gasteiger partial charge in [-0.25, -0.2) is 9.59 Å². The third-order valence-electron chi connectivity index (χ3n) is 6.40. The number of ether oxygens (including phenoxy) is 2. The molecule has 1 N–H and O–H groups in total. The Labute approximate surface area is 223 Å². The quantitative estimate of drug-likeness (QED) is 0.430. The molecule has 2 aromatic carbocycles. The summed E-state index contributed by atoms with van der Waals surface area (Å²) in [5, 5.41) is 15.1. The molecule has 1 amide bonds. The van der Waals surface area contributed by atoms with Gasteiger partial charge in [0.1, 0.15) is 5.60 Å². The molecule has 1 aromatic heterocycles. The van der Waals surface area contributed by atoms with Crippen LogP contribution in [-0.4, -0.2) is 62.5 Å². The van der Waals surface area contributed by atoms with Gasteiger partial charge in [0, 0.05) is 0 Å². The Bertz CT molecular complexity index is 1220. The highest BCUT2D eigenvalue weighted by molar-refractivity contribution is 5.88. The molecule has 38 heavy (non-hydrogen) atoms. The lowest BCUT2D eigenvalue weighted by atomic mass is 9.89. The van der Waals surface area contributed by atoms with Gasteiger partial charge in [-0.1, -0.05) is 42.5 Å². The van der Waals surface area contributed by atoms with E-state index in [9.17, 15) is 9.59 Å². The van der Waals surface area contributed by atoms with Crippen molar-refractivity contribution in [2.75, 3.05) is 25.0 Å². The average Bonchev–Trinajstić information content (AvgIpc) is 3.34. The van der Waals surface area contributed by atoms with Crippen molar-refractivity contribution in [1.29, 1.82) is 0 Å². The molecule has 1 aliphatic rings. The molecule has 1 fully saturated rings. The summed E-state index contributed by atoms with van der Waals surface area (Å²) in [7, 11) is 0. The third-order valence-corrected chi connectivity index (χ3v) is 6.40. The van der Waals surface area contributed by atoms with Crippen LogP contribution in [0.15, 0.2) is 54.6 Å². The first-order chi connectivity index (χ1) is 18.2. The Kier molecular flexibility index (Phi) is 8.73. The average molecular weight is 521 g/mol. The molecule has 1 aliphatic heterocycles. The van der Waals surface area contributed by atoms with Gasteiger partial charge in [0.25, 0.3) is 0 Å². The predicted octanol–water partition coefficient (Wildman–Crippen LogP) is 4.57. The monoisotopic (exact) mass is 520 g/mol. The number of piperidine rings is 1. The van der Waals surface area contributed by atoms with E-state index >= 15 is 0 Å². The smallest absolute Gasteiger partial charge is 0.412 e. The van der Waals surface area contributed by atoms with Crippen molar-refractivity contribution < 1.29 is 19.1 Å². The zero-order chi connectivity index (χ0) is 27.1. The number of likely N-dealkylation sites (tertiary alicyclic amines) is 1. The number of para-hydroxylation sites is 2. The Morgan fingerprint density at radius 1 is 1.05 bits per heavy atom. The highest BCUT2D eigenvalue weighted by Gasteiger charge is 2.37. The van der Waals surface area contributed by atoms with Crippen LogP contribution >= 0.6 is 0 Å². The van der Waals surface area contributed by atoms with Crippen molar-refractivity contribution in [3.8, 4) is 5.69 Å². The van der Waals surface area contributed by atoms with E-state index in [4.69, 9.17) is 9.47 Å². The minimum Gasteiger partial charge on any atom is -0.464 e. The Morgan fingerprint density at radius 3 is 2.42 bits per heavy atom. The molecule has 2 heterocycles. The molecule has 3 aromatic rings. The van der Waals surface area contributed by atoms with Crippen LogP contribution in [0.5, 0.6) is 0 Å². The summed E-state index contributed by atoms with van der Waals surface area (Å²) < 4.78 is 12.4. The lowest BCUT2D eigenvalue weighted by Gasteiger charge is -2.35. The predicted molar refractivity (Wildman–Crippen MR) is 143 cm³/mol. The molecule has 10 nitrogen and oxygen atoms in total. The van der Waals surface area contributed by atoms with Crippen LogP contribution in [0.1, 0.15) is 58.0 Å². The molecule has 0 bridgehead atoms. The first-order valence-electron chi connectivity index (χ1n) is 13.1. The van der Waals surface area contributed by atoms with Gasteiger partial charge in [-0.05, 0) is 94.1 Å². The molecule has 4 rings (SSSR count).